The van der Waals surface area contributed by atoms with Gasteiger partial charge in [0.25, 0.3) is 0 Å². The molecule has 0 radical (unpaired) electrons. The Balaban J connectivity index is 1.23. The number of nitriles is 1. The average molecular weight is 628 g/mol. The maximum Gasteiger partial charge on any atom is 0.0998 e. The summed E-state index contributed by atoms with van der Waals surface area (Å²) in [6.45, 7) is 4.64. The van der Waals surface area contributed by atoms with E-state index in [9.17, 15) is 5.26 Å². The number of anilines is 3. The smallest absolute Gasteiger partial charge is 0.0998 e. The lowest BCUT2D eigenvalue weighted by Crippen LogP contribution is -2.30. The van der Waals surface area contributed by atoms with Crippen LogP contribution in [-0.4, -0.2) is 4.57 Å². The van der Waals surface area contributed by atoms with Crippen LogP contribution < -0.4 is 4.90 Å². The van der Waals surface area contributed by atoms with Crippen molar-refractivity contribution in [1.82, 2.24) is 4.57 Å². The van der Waals surface area contributed by atoms with Gasteiger partial charge in [0.05, 0.1) is 39.7 Å². The molecule has 0 saturated heterocycles. The van der Waals surface area contributed by atoms with E-state index in [0.717, 1.165) is 44.7 Å². The lowest BCUT2D eigenvalue weighted by atomic mass is 9.73. The van der Waals surface area contributed by atoms with Gasteiger partial charge < -0.3 is 9.47 Å². The lowest BCUT2D eigenvalue weighted by molar-refractivity contribution is 0.632. The Morgan fingerprint density at radius 2 is 1.06 bits per heavy atom. The maximum absolute atomic E-state index is 10.4. The van der Waals surface area contributed by atoms with Gasteiger partial charge in [-0.2, -0.15) is 5.26 Å². The quantitative estimate of drug-likeness (QED) is 0.194. The van der Waals surface area contributed by atoms with Gasteiger partial charge in [0.15, 0.2) is 0 Å². The van der Waals surface area contributed by atoms with Gasteiger partial charge in [0.2, 0.25) is 0 Å². The number of rotatable bonds is 4. The summed E-state index contributed by atoms with van der Waals surface area (Å²) < 4.78 is 2.34. The number of nitrogens with zero attached hydrogens (tertiary/aromatic N) is 3. The first kappa shape index (κ1) is 28.8. The third kappa shape index (κ3) is 4.42. The molecule has 49 heavy (non-hydrogen) atoms. The highest BCUT2D eigenvalue weighted by atomic mass is 15.2. The molecular weight excluding hydrogens is 595 g/mol. The predicted octanol–water partition coefficient (Wildman–Crippen LogP) is 12.1. The molecule has 0 amide bonds. The van der Waals surface area contributed by atoms with Crippen molar-refractivity contribution >= 4 is 38.9 Å². The first-order valence-electron chi connectivity index (χ1n) is 16.8. The average Bonchev–Trinajstić information content (AvgIpc) is 3.49. The Labute approximate surface area is 286 Å². The zero-order chi connectivity index (χ0) is 33.1. The van der Waals surface area contributed by atoms with Gasteiger partial charge in [-0.05, 0) is 82.9 Å². The van der Waals surface area contributed by atoms with Crippen LogP contribution in [0.25, 0.3) is 49.7 Å². The summed E-state index contributed by atoms with van der Waals surface area (Å²) >= 11 is 0. The van der Waals surface area contributed by atoms with Gasteiger partial charge in [-0.15, -0.1) is 0 Å². The second-order valence-corrected chi connectivity index (χ2v) is 13.3. The molecule has 0 aliphatic carbocycles. The van der Waals surface area contributed by atoms with Gasteiger partial charge in [-0.3, -0.25) is 0 Å². The van der Waals surface area contributed by atoms with E-state index < -0.39 is 0 Å². The third-order valence-corrected chi connectivity index (χ3v) is 10.2. The van der Waals surface area contributed by atoms with Crippen LogP contribution in [0.5, 0.6) is 0 Å². The Morgan fingerprint density at radius 1 is 0.490 bits per heavy atom. The zero-order valence-corrected chi connectivity index (χ0v) is 27.4. The molecule has 9 rings (SSSR count). The van der Waals surface area contributed by atoms with Gasteiger partial charge in [0, 0.05) is 33.0 Å². The molecule has 0 bridgehead atoms. The monoisotopic (exact) mass is 627 g/mol. The molecule has 0 N–H and O–H groups in total. The van der Waals surface area contributed by atoms with Gasteiger partial charge >= 0.3 is 0 Å². The molecule has 3 heteroatoms. The van der Waals surface area contributed by atoms with E-state index in [4.69, 9.17) is 0 Å². The summed E-state index contributed by atoms with van der Waals surface area (Å²) in [5, 5.41) is 12.8. The van der Waals surface area contributed by atoms with E-state index in [2.05, 4.69) is 187 Å². The summed E-state index contributed by atoms with van der Waals surface area (Å²) in [6, 6.07) is 60.5. The molecule has 2 heterocycles. The minimum Gasteiger partial charge on any atom is -0.310 e. The molecule has 0 unspecified atom stereocenters. The molecule has 7 aromatic carbocycles. The molecule has 1 aliphatic heterocycles. The third-order valence-electron chi connectivity index (χ3n) is 10.2. The Bertz CT molecular complexity index is 2550. The molecule has 3 nitrogen and oxygen atoms in total. The molecule has 1 aliphatic rings. The fraction of sp³-hybridized carbons (Fsp3) is 0.0652. The van der Waals surface area contributed by atoms with Crippen LogP contribution in [0.15, 0.2) is 164 Å². The first-order valence-corrected chi connectivity index (χ1v) is 16.8. The van der Waals surface area contributed by atoms with Crippen LogP contribution in [0.3, 0.4) is 0 Å². The Hall–Kier alpha value is -6.37. The topological polar surface area (TPSA) is 32.0 Å². The zero-order valence-electron chi connectivity index (χ0n) is 27.4. The second-order valence-electron chi connectivity index (χ2n) is 13.3. The summed E-state index contributed by atoms with van der Waals surface area (Å²) in [5.41, 5.74) is 14.0. The van der Waals surface area contributed by atoms with Crippen molar-refractivity contribution in [3.63, 3.8) is 0 Å². The highest BCUT2D eigenvalue weighted by Gasteiger charge is 2.37. The molecule has 232 valence electrons. The van der Waals surface area contributed by atoms with Crippen LogP contribution in [0, 0.1) is 11.3 Å². The van der Waals surface area contributed by atoms with E-state index >= 15 is 0 Å². The predicted molar refractivity (Wildman–Crippen MR) is 203 cm³/mol. The van der Waals surface area contributed by atoms with Crippen LogP contribution in [0.1, 0.15) is 30.5 Å². The number of para-hydroxylation sites is 5. The number of fused-ring (bicyclic) bond motifs is 5. The fourth-order valence-corrected chi connectivity index (χ4v) is 7.86. The normalized spacial score (nSPS) is 13.2. The SMILES string of the molecule is CC1(C)c2ccccc2N(c2ccccc2)c2ccc(-c3ccc(C#N)c(-c4ccccc4-n4c5ccccc5c5ccccc54)c3)cc21. The molecule has 8 aromatic rings. The number of hydrogen-bond donors (Lipinski definition) is 0. The molecule has 0 fully saturated rings. The molecular formula is C46H33N3. The van der Waals surface area contributed by atoms with Crippen LogP contribution in [0.2, 0.25) is 0 Å². The van der Waals surface area contributed by atoms with E-state index in [-0.39, 0.29) is 5.41 Å². The highest BCUT2D eigenvalue weighted by molar-refractivity contribution is 6.09. The summed E-state index contributed by atoms with van der Waals surface area (Å²) in [5.74, 6) is 0. The number of benzene rings is 7. The van der Waals surface area contributed by atoms with Crippen LogP contribution >= 0.6 is 0 Å². The van der Waals surface area contributed by atoms with Crippen LogP contribution in [0.4, 0.5) is 17.1 Å². The number of hydrogen-bond acceptors (Lipinski definition) is 2. The summed E-state index contributed by atoms with van der Waals surface area (Å²) in [4.78, 5) is 2.38. The molecule has 0 saturated carbocycles. The number of aromatic nitrogens is 1. The minimum atomic E-state index is -0.216. The van der Waals surface area contributed by atoms with E-state index in [1.54, 1.807) is 0 Å². The largest absolute Gasteiger partial charge is 0.310 e. The Kier molecular flexibility index (Phi) is 6.54. The Morgan fingerprint density at radius 3 is 1.80 bits per heavy atom. The van der Waals surface area contributed by atoms with Crippen LogP contribution in [-0.2, 0) is 5.41 Å². The van der Waals surface area contributed by atoms with Crippen molar-refractivity contribution in [3.8, 4) is 34.0 Å². The van der Waals surface area contributed by atoms with Crippen molar-refractivity contribution in [1.29, 1.82) is 5.26 Å². The van der Waals surface area contributed by atoms with E-state index in [1.807, 2.05) is 6.07 Å². The van der Waals surface area contributed by atoms with Crippen molar-refractivity contribution in [2.75, 3.05) is 4.90 Å². The van der Waals surface area contributed by atoms with E-state index in [0.29, 0.717) is 5.56 Å². The van der Waals surface area contributed by atoms with Gasteiger partial charge in [-0.25, -0.2) is 0 Å². The van der Waals surface area contributed by atoms with Gasteiger partial charge in [0.1, 0.15) is 0 Å². The first-order chi connectivity index (χ1) is 24.0. The minimum absolute atomic E-state index is 0.216. The molecule has 0 atom stereocenters. The van der Waals surface area contributed by atoms with E-state index in [1.165, 1.54) is 33.3 Å². The van der Waals surface area contributed by atoms with Gasteiger partial charge in [-0.1, -0.05) is 117 Å². The maximum atomic E-state index is 10.4. The molecule has 1 aromatic heterocycles. The van der Waals surface area contributed by atoms with Crippen molar-refractivity contribution in [2.24, 2.45) is 0 Å². The standard InChI is InChI=1S/C46H33N3/c1-46(2)39-19-9-13-23-44(39)48(34-14-4-3-5-15-34)45-27-26-32(29-40(45)46)31-24-25-33(30-47)38(28-31)37-18-8-12-22-43(37)49-41-20-10-6-16-35(41)36-17-7-11-21-42(36)49/h3-29H,1-2H3. The van der Waals surface area contributed by atoms with Crippen molar-refractivity contribution < 1.29 is 0 Å². The summed E-state index contributed by atoms with van der Waals surface area (Å²) in [6.07, 6.45) is 0. The highest BCUT2D eigenvalue weighted by Crippen LogP contribution is 2.52. The summed E-state index contributed by atoms with van der Waals surface area (Å²) in [7, 11) is 0. The lowest BCUT2D eigenvalue weighted by Gasteiger charge is -2.42. The fourth-order valence-electron chi connectivity index (χ4n) is 7.86. The van der Waals surface area contributed by atoms with Crippen molar-refractivity contribution in [3.05, 3.63) is 180 Å². The van der Waals surface area contributed by atoms with Crippen molar-refractivity contribution in [2.45, 2.75) is 19.3 Å². The second kappa shape index (κ2) is 11.1. The molecule has 0 spiro atoms.